The van der Waals surface area contributed by atoms with Gasteiger partial charge >= 0.3 is 0 Å². The fraction of sp³-hybridized carbons (Fsp3) is 0.182. The first-order valence-corrected chi connectivity index (χ1v) is 9.11. The lowest BCUT2D eigenvalue weighted by molar-refractivity contribution is 0.0746. The molecule has 0 atom stereocenters. The van der Waals surface area contributed by atoms with E-state index in [0.717, 1.165) is 11.3 Å². The van der Waals surface area contributed by atoms with Crippen LogP contribution in [0.25, 0.3) is 0 Å². The number of carbonyl (C=O) groups is 2. The molecule has 0 fully saturated rings. The Labute approximate surface area is 164 Å². The number of nitrogens with zero attached hydrogens (tertiary/aromatic N) is 3. The maximum Gasteiger partial charge on any atom is 0.272 e. The highest BCUT2D eigenvalue weighted by molar-refractivity contribution is 5.94. The highest BCUT2D eigenvalue weighted by atomic mass is 16.2. The lowest BCUT2D eigenvalue weighted by Gasteiger charge is -2.20. The first kappa shape index (κ1) is 19.2. The second kappa shape index (κ2) is 8.90. The van der Waals surface area contributed by atoms with E-state index in [0.29, 0.717) is 30.3 Å². The molecule has 28 heavy (non-hydrogen) atoms. The van der Waals surface area contributed by atoms with Gasteiger partial charge in [-0.2, -0.15) is 0 Å². The zero-order chi connectivity index (χ0) is 19.9. The fourth-order valence-corrected chi connectivity index (χ4v) is 2.75. The van der Waals surface area contributed by atoms with Gasteiger partial charge in [-0.25, -0.2) is 9.97 Å². The van der Waals surface area contributed by atoms with Gasteiger partial charge < -0.3 is 10.2 Å². The third-order valence-electron chi connectivity index (χ3n) is 4.31. The summed E-state index contributed by atoms with van der Waals surface area (Å²) in [6.45, 7) is 4.57. The summed E-state index contributed by atoms with van der Waals surface area (Å²) in [4.78, 5) is 34.5. The number of hydrogen-bond acceptors (Lipinski definition) is 5. The highest BCUT2D eigenvalue weighted by Gasteiger charge is 2.16. The summed E-state index contributed by atoms with van der Waals surface area (Å²) >= 11 is 0. The number of aromatic nitrogens is 2. The van der Waals surface area contributed by atoms with Crippen molar-refractivity contribution < 1.29 is 9.59 Å². The SMILES string of the molecule is CCN(Cc1ccccc1)C(=O)c1ccnc(Nc2ccc(C(C)=O)cc2)n1. The van der Waals surface area contributed by atoms with Crippen LogP contribution in [0.4, 0.5) is 11.6 Å². The predicted octanol–water partition coefficient (Wildman–Crippen LogP) is 4.09. The highest BCUT2D eigenvalue weighted by Crippen LogP contribution is 2.15. The van der Waals surface area contributed by atoms with Crippen molar-refractivity contribution in [2.45, 2.75) is 20.4 Å². The van der Waals surface area contributed by atoms with Crippen LogP contribution in [-0.2, 0) is 6.54 Å². The van der Waals surface area contributed by atoms with E-state index in [9.17, 15) is 9.59 Å². The molecule has 0 aliphatic rings. The van der Waals surface area contributed by atoms with Crippen LogP contribution in [0, 0.1) is 0 Å². The molecule has 3 aromatic rings. The molecule has 0 saturated heterocycles. The van der Waals surface area contributed by atoms with Gasteiger partial charge in [-0.3, -0.25) is 9.59 Å². The van der Waals surface area contributed by atoms with Crippen molar-refractivity contribution in [2.75, 3.05) is 11.9 Å². The van der Waals surface area contributed by atoms with Crippen molar-refractivity contribution in [3.63, 3.8) is 0 Å². The van der Waals surface area contributed by atoms with Crippen molar-refractivity contribution in [3.8, 4) is 0 Å². The van der Waals surface area contributed by atoms with Crippen LogP contribution in [-0.4, -0.2) is 33.1 Å². The smallest absolute Gasteiger partial charge is 0.272 e. The van der Waals surface area contributed by atoms with E-state index in [2.05, 4.69) is 15.3 Å². The van der Waals surface area contributed by atoms with Crippen LogP contribution in [0.2, 0.25) is 0 Å². The van der Waals surface area contributed by atoms with E-state index in [1.165, 1.54) is 6.92 Å². The van der Waals surface area contributed by atoms with Gasteiger partial charge in [0, 0.05) is 30.5 Å². The molecule has 6 heteroatoms. The first-order chi connectivity index (χ1) is 13.6. The van der Waals surface area contributed by atoms with E-state index in [1.54, 1.807) is 41.4 Å². The second-order valence-electron chi connectivity index (χ2n) is 6.33. The monoisotopic (exact) mass is 374 g/mol. The Hall–Kier alpha value is -3.54. The molecule has 1 aromatic heterocycles. The summed E-state index contributed by atoms with van der Waals surface area (Å²) in [5, 5.41) is 3.07. The molecule has 142 valence electrons. The number of rotatable bonds is 7. The molecule has 3 rings (SSSR count). The van der Waals surface area contributed by atoms with Gasteiger partial charge in [-0.15, -0.1) is 0 Å². The minimum Gasteiger partial charge on any atom is -0.333 e. The van der Waals surface area contributed by atoms with E-state index in [-0.39, 0.29) is 11.7 Å². The van der Waals surface area contributed by atoms with Crippen LogP contribution in [0.3, 0.4) is 0 Å². The number of Topliss-reactive ketones (excluding diaryl/α,β-unsaturated/α-hetero) is 1. The lowest BCUT2D eigenvalue weighted by atomic mass is 10.1. The topological polar surface area (TPSA) is 75.2 Å². The van der Waals surface area contributed by atoms with Crippen LogP contribution < -0.4 is 5.32 Å². The molecule has 0 unspecified atom stereocenters. The van der Waals surface area contributed by atoms with E-state index in [1.807, 2.05) is 37.3 Å². The number of carbonyl (C=O) groups excluding carboxylic acids is 2. The normalized spacial score (nSPS) is 10.4. The number of nitrogens with one attached hydrogen (secondary N) is 1. The Bertz CT molecular complexity index is 956. The van der Waals surface area contributed by atoms with Gasteiger partial charge in [0.15, 0.2) is 5.78 Å². The average molecular weight is 374 g/mol. The summed E-state index contributed by atoms with van der Waals surface area (Å²) in [5.41, 5.74) is 2.77. The summed E-state index contributed by atoms with van der Waals surface area (Å²) in [7, 11) is 0. The Morgan fingerprint density at radius 2 is 1.71 bits per heavy atom. The molecular weight excluding hydrogens is 352 g/mol. The molecule has 1 amide bonds. The molecule has 1 heterocycles. The zero-order valence-electron chi connectivity index (χ0n) is 15.9. The van der Waals surface area contributed by atoms with Gasteiger partial charge in [0.1, 0.15) is 5.69 Å². The maximum atomic E-state index is 12.9. The van der Waals surface area contributed by atoms with Gasteiger partial charge in [0.05, 0.1) is 0 Å². The molecule has 0 aliphatic heterocycles. The van der Waals surface area contributed by atoms with Crippen molar-refractivity contribution >= 4 is 23.3 Å². The number of anilines is 2. The fourth-order valence-electron chi connectivity index (χ4n) is 2.75. The molecule has 0 saturated carbocycles. The number of amides is 1. The summed E-state index contributed by atoms with van der Waals surface area (Å²) in [6.07, 6.45) is 1.56. The zero-order valence-corrected chi connectivity index (χ0v) is 15.9. The molecule has 6 nitrogen and oxygen atoms in total. The Morgan fingerprint density at radius 1 is 1.00 bits per heavy atom. The van der Waals surface area contributed by atoms with Gasteiger partial charge in [0.2, 0.25) is 5.95 Å². The predicted molar refractivity (Wildman–Crippen MR) is 109 cm³/mol. The van der Waals surface area contributed by atoms with Crippen molar-refractivity contribution in [2.24, 2.45) is 0 Å². The number of hydrogen-bond donors (Lipinski definition) is 1. The van der Waals surface area contributed by atoms with Crippen LogP contribution >= 0.6 is 0 Å². The van der Waals surface area contributed by atoms with E-state index in [4.69, 9.17) is 0 Å². The summed E-state index contributed by atoms with van der Waals surface area (Å²) in [5.74, 6) is 0.189. The Balaban J connectivity index is 1.74. The van der Waals surface area contributed by atoms with Gasteiger partial charge in [0.25, 0.3) is 5.91 Å². The average Bonchev–Trinajstić information content (AvgIpc) is 2.73. The summed E-state index contributed by atoms with van der Waals surface area (Å²) < 4.78 is 0. The van der Waals surface area contributed by atoms with Crippen molar-refractivity contribution in [1.29, 1.82) is 0 Å². The van der Waals surface area contributed by atoms with Crippen LogP contribution in [0.1, 0.15) is 40.3 Å². The summed E-state index contributed by atoms with van der Waals surface area (Å²) in [6, 6.07) is 18.5. The Kier molecular flexibility index (Phi) is 6.11. The molecule has 0 bridgehead atoms. The molecule has 0 spiro atoms. The minimum absolute atomic E-state index is 0.00784. The standard InChI is InChI=1S/C22H22N4O2/c1-3-26(15-17-7-5-4-6-8-17)21(28)20-13-14-23-22(25-20)24-19-11-9-18(10-12-19)16(2)27/h4-14H,3,15H2,1-2H3,(H,23,24,25). The van der Waals surface area contributed by atoms with Gasteiger partial charge in [-0.05, 0) is 49.7 Å². The van der Waals surface area contributed by atoms with Crippen molar-refractivity contribution in [1.82, 2.24) is 14.9 Å². The van der Waals surface area contributed by atoms with E-state index < -0.39 is 0 Å². The molecule has 0 radical (unpaired) electrons. The first-order valence-electron chi connectivity index (χ1n) is 9.11. The third kappa shape index (κ3) is 4.79. The minimum atomic E-state index is -0.149. The molecule has 1 N–H and O–H groups in total. The number of benzene rings is 2. The maximum absolute atomic E-state index is 12.9. The molecule has 0 aliphatic carbocycles. The van der Waals surface area contributed by atoms with Crippen LogP contribution in [0.15, 0.2) is 66.9 Å². The molecule has 2 aromatic carbocycles. The van der Waals surface area contributed by atoms with Crippen molar-refractivity contribution in [3.05, 3.63) is 83.7 Å². The third-order valence-corrected chi connectivity index (χ3v) is 4.31. The molecular formula is C22H22N4O2. The Morgan fingerprint density at radius 3 is 2.36 bits per heavy atom. The lowest BCUT2D eigenvalue weighted by Crippen LogP contribution is -2.31. The van der Waals surface area contributed by atoms with Gasteiger partial charge in [-0.1, -0.05) is 30.3 Å². The number of ketones is 1. The second-order valence-corrected chi connectivity index (χ2v) is 6.33. The largest absolute Gasteiger partial charge is 0.333 e. The van der Waals surface area contributed by atoms with E-state index >= 15 is 0 Å². The quantitative estimate of drug-likeness (QED) is 0.631. The van der Waals surface area contributed by atoms with Crippen LogP contribution in [0.5, 0.6) is 0 Å².